The van der Waals surface area contributed by atoms with Gasteiger partial charge in [0, 0.05) is 4.47 Å². The van der Waals surface area contributed by atoms with Gasteiger partial charge in [0.2, 0.25) is 0 Å². The molecule has 0 radical (unpaired) electrons. The van der Waals surface area contributed by atoms with Crippen LogP contribution in [0.4, 0.5) is 5.69 Å². The number of amides is 1. The van der Waals surface area contributed by atoms with Crippen molar-refractivity contribution in [3.8, 4) is 11.5 Å². The van der Waals surface area contributed by atoms with Crippen molar-refractivity contribution in [2.75, 3.05) is 18.5 Å². The van der Waals surface area contributed by atoms with E-state index in [1.165, 1.54) is 0 Å². The van der Waals surface area contributed by atoms with Gasteiger partial charge in [0.1, 0.15) is 11.5 Å². The first-order chi connectivity index (χ1) is 10.6. The molecule has 0 spiro atoms. The Hall–Kier alpha value is -1.72. The van der Waals surface area contributed by atoms with Crippen LogP contribution in [0.3, 0.4) is 0 Å². The van der Waals surface area contributed by atoms with Crippen molar-refractivity contribution in [1.29, 1.82) is 0 Å². The lowest BCUT2D eigenvalue weighted by molar-refractivity contribution is -0.118. The lowest BCUT2D eigenvalue weighted by Gasteiger charge is -2.12. The van der Waals surface area contributed by atoms with Gasteiger partial charge in [0.15, 0.2) is 6.61 Å². The summed E-state index contributed by atoms with van der Waals surface area (Å²) in [7, 11) is 0. The van der Waals surface area contributed by atoms with Crippen molar-refractivity contribution < 1.29 is 14.3 Å². The molecule has 0 aliphatic heterocycles. The quantitative estimate of drug-likeness (QED) is 0.796. The van der Waals surface area contributed by atoms with Crippen LogP contribution >= 0.6 is 27.5 Å². The fraction of sp³-hybridized carbons (Fsp3) is 0.188. The van der Waals surface area contributed by atoms with E-state index in [0.717, 1.165) is 4.47 Å². The average Bonchev–Trinajstić information content (AvgIpc) is 2.50. The minimum Gasteiger partial charge on any atom is -0.492 e. The van der Waals surface area contributed by atoms with Crippen molar-refractivity contribution >= 4 is 39.1 Å². The third-order valence-corrected chi connectivity index (χ3v) is 3.52. The van der Waals surface area contributed by atoms with E-state index < -0.39 is 0 Å². The summed E-state index contributed by atoms with van der Waals surface area (Å²) in [5, 5.41) is 3.21. The Bertz CT molecular complexity index is 664. The number of carbonyl (C=O) groups excluding carboxylic acids is 1. The maximum absolute atomic E-state index is 12.0. The predicted molar refractivity (Wildman–Crippen MR) is 90.9 cm³/mol. The highest BCUT2D eigenvalue weighted by Crippen LogP contribution is 2.28. The van der Waals surface area contributed by atoms with Crippen LogP contribution in [0.2, 0.25) is 5.02 Å². The van der Waals surface area contributed by atoms with Gasteiger partial charge >= 0.3 is 0 Å². The Morgan fingerprint density at radius 2 is 1.95 bits per heavy atom. The summed E-state index contributed by atoms with van der Waals surface area (Å²) in [4.78, 5) is 12.0. The number of nitrogens with one attached hydrogen (secondary N) is 1. The van der Waals surface area contributed by atoms with E-state index in [4.69, 9.17) is 21.1 Å². The molecule has 0 aliphatic rings. The lowest BCUT2D eigenvalue weighted by atomic mass is 10.3. The Labute approximate surface area is 142 Å². The van der Waals surface area contributed by atoms with Gasteiger partial charge in [-0.05, 0) is 37.3 Å². The maximum Gasteiger partial charge on any atom is 0.262 e. The molecule has 1 amide bonds. The first-order valence-corrected chi connectivity index (χ1v) is 7.86. The Balaban J connectivity index is 1.97. The van der Waals surface area contributed by atoms with Crippen LogP contribution in [0.15, 0.2) is 46.9 Å². The number of ether oxygens (including phenoxy) is 2. The molecular formula is C16H15BrClNO3. The molecule has 0 aromatic heterocycles. The van der Waals surface area contributed by atoms with E-state index in [9.17, 15) is 4.79 Å². The second-order valence-electron chi connectivity index (χ2n) is 4.34. The molecule has 0 unspecified atom stereocenters. The van der Waals surface area contributed by atoms with E-state index >= 15 is 0 Å². The first kappa shape index (κ1) is 16.6. The van der Waals surface area contributed by atoms with Crippen LogP contribution in [-0.2, 0) is 4.79 Å². The summed E-state index contributed by atoms with van der Waals surface area (Å²) in [5.74, 6) is 0.784. The van der Waals surface area contributed by atoms with Crippen LogP contribution in [0.1, 0.15) is 6.92 Å². The maximum atomic E-state index is 12.0. The standard InChI is InChI=1S/C16H15BrClNO3/c1-2-21-14-6-4-3-5-13(14)19-16(20)10-22-15-9-11(17)7-8-12(15)18/h3-9H,2,10H2,1H3,(H,19,20). The minimum absolute atomic E-state index is 0.142. The Morgan fingerprint density at radius 1 is 1.18 bits per heavy atom. The van der Waals surface area contributed by atoms with E-state index in [1.54, 1.807) is 30.3 Å². The van der Waals surface area contributed by atoms with Gasteiger partial charge in [-0.15, -0.1) is 0 Å². The molecular weight excluding hydrogens is 370 g/mol. The van der Waals surface area contributed by atoms with Crippen molar-refractivity contribution in [3.05, 3.63) is 52.0 Å². The molecule has 116 valence electrons. The first-order valence-electron chi connectivity index (χ1n) is 6.69. The van der Waals surface area contributed by atoms with Crippen molar-refractivity contribution in [2.24, 2.45) is 0 Å². The van der Waals surface area contributed by atoms with Gasteiger partial charge in [-0.3, -0.25) is 4.79 Å². The number of hydrogen-bond acceptors (Lipinski definition) is 3. The van der Waals surface area contributed by atoms with Gasteiger partial charge in [0.25, 0.3) is 5.91 Å². The summed E-state index contributed by atoms with van der Waals surface area (Å²) in [5.41, 5.74) is 0.610. The zero-order valence-corrected chi connectivity index (χ0v) is 14.3. The summed E-state index contributed by atoms with van der Waals surface area (Å²) in [6, 6.07) is 12.4. The van der Waals surface area contributed by atoms with Crippen LogP contribution in [0.5, 0.6) is 11.5 Å². The molecule has 4 nitrogen and oxygen atoms in total. The number of anilines is 1. The number of carbonyl (C=O) groups is 1. The summed E-state index contributed by atoms with van der Waals surface area (Å²) < 4.78 is 11.7. The van der Waals surface area contributed by atoms with Gasteiger partial charge in [0.05, 0.1) is 17.3 Å². The smallest absolute Gasteiger partial charge is 0.262 e. The number of rotatable bonds is 6. The molecule has 1 N–H and O–H groups in total. The molecule has 2 aromatic rings. The third kappa shape index (κ3) is 4.64. The van der Waals surface area contributed by atoms with E-state index in [0.29, 0.717) is 28.8 Å². The molecule has 2 rings (SSSR count). The zero-order valence-electron chi connectivity index (χ0n) is 11.9. The number of halogens is 2. The summed E-state index contributed by atoms with van der Waals surface area (Å²) >= 11 is 9.34. The third-order valence-electron chi connectivity index (χ3n) is 2.71. The fourth-order valence-corrected chi connectivity index (χ4v) is 2.28. The number of hydrogen-bond donors (Lipinski definition) is 1. The molecule has 0 atom stereocenters. The average molecular weight is 385 g/mol. The highest BCUT2D eigenvalue weighted by molar-refractivity contribution is 9.10. The second kappa shape index (κ2) is 8.06. The van der Waals surface area contributed by atoms with Crippen LogP contribution in [0, 0.1) is 0 Å². The Morgan fingerprint density at radius 3 is 2.73 bits per heavy atom. The van der Waals surface area contributed by atoms with Crippen molar-refractivity contribution in [3.63, 3.8) is 0 Å². The van der Waals surface area contributed by atoms with Gasteiger partial charge in [-0.1, -0.05) is 39.7 Å². The molecule has 0 aliphatic carbocycles. The molecule has 0 bridgehead atoms. The van der Waals surface area contributed by atoms with Crippen molar-refractivity contribution in [1.82, 2.24) is 0 Å². The molecule has 6 heteroatoms. The topological polar surface area (TPSA) is 47.6 Å². The number of benzene rings is 2. The van der Waals surface area contributed by atoms with E-state index in [-0.39, 0.29) is 12.5 Å². The molecule has 22 heavy (non-hydrogen) atoms. The van der Waals surface area contributed by atoms with Crippen LogP contribution in [0.25, 0.3) is 0 Å². The van der Waals surface area contributed by atoms with Gasteiger partial charge in [-0.25, -0.2) is 0 Å². The normalized spacial score (nSPS) is 10.1. The lowest BCUT2D eigenvalue weighted by Crippen LogP contribution is -2.20. The minimum atomic E-state index is -0.289. The van der Waals surface area contributed by atoms with Crippen LogP contribution < -0.4 is 14.8 Å². The summed E-state index contributed by atoms with van der Waals surface area (Å²) in [6.07, 6.45) is 0. The van der Waals surface area contributed by atoms with Gasteiger partial charge < -0.3 is 14.8 Å². The number of para-hydroxylation sites is 2. The van der Waals surface area contributed by atoms with Crippen LogP contribution in [-0.4, -0.2) is 19.1 Å². The van der Waals surface area contributed by atoms with E-state index in [2.05, 4.69) is 21.2 Å². The predicted octanol–water partition coefficient (Wildman–Crippen LogP) is 4.52. The molecule has 0 heterocycles. The fourth-order valence-electron chi connectivity index (χ4n) is 1.77. The highest BCUT2D eigenvalue weighted by atomic mass is 79.9. The monoisotopic (exact) mass is 383 g/mol. The molecule has 0 saturated heterocycles. The Kier molecular flexibility index (Phi) is 6.10. The molecule has 0 saturated carbocycles. The zero-order chi connectivity index (χ0) is 15.9. The molecule has 2 aromatic carbocycles. The second-order valence-corrected chi connectivity index (χ2v) is 5.66. The van der Waals surface area contributed by atoms with E-state index in [1.807, 2.05) is 19.1 Å². The summed E-state index contributed by atoms with van der Waals surface area (Å²) in [6.45, 7) is 2.27. The highest BCUT2D eigenvalue weighted by Gasteiger charge is 2.09. The SMILES string of the molecule is CCOc1ccccc1NC(=O)COc1cc(Br)ccc1Cl. The van der Waals surface area contributed by atoms with Crippen molar-refractivity contribution in [2.45, 2.75) is 6.92 Å². The molecule has 0 fully saturated rings. The largest absolute Gasteiger partial charge is 0.492 e. The van der Waals surface area contributed by atoms with Gasteiger partial charge in [-0.2, -0.15) is 0 Å².